The van der Waals surface area contributed by atoms with Crippen LogP contribution in [0.3, 0.4) is 0 Å². The molecule has 33 heavy (non-hydrogen) atoms. The van der Waals surface area contributed by atoms with E-state index >= 15 is 0 Å². The predicted molar refractivity (Wildman–Crippen MR) is 129 cm³/mol. The van der Waals surface area contributed by atoms with Crippen LogP contribution in [-0.2, 0) is 10.0 Å². The second-order valence-corrected chi connectivity index (χ2v) is 9.66. The number of carbonyl (C=O) groups is 1. The summed E-state index contributed by atoms with van der Waals surface area (Å²) in [6, 6.07) is 16.1. The summed E-state index contributed by atoms with van der Waals surface area (Å²) in [5, 5.41) is 0. The molecule has 0 atom stereocenters. The van der Waals surface area contributed by atoms with E-state index in [2.05, 4.69) is 15.9 Å². The van der Waals surface area contributed by atoms with Gasteiger partial charge in [-0.25, -0.2) is 18.4 Å². The van der Waals surface area contributed by atoms with Crippen molar-refractivity contribution in [2.45, 2.75) is 13.8 Å². The summed E-state index contributed by atoms with van der Waals surface area (Å²) in [4.78, 5) is 21.7. The molecule has 8 heteroatoms. The Bertz CT molecular complexity index is 1480. The van der Waals surface area contributed by atoms with E-state index in [0.29, 0.717) is 22.6 Å². The molecule has 0 aliphatic heterocycles. The fraction of sp³-hybridized carbons (Fsp3) is 0.160. The largest absolute Gasteiger partial charge is 0.287 e. The van der Waals surface area contributed by atoms with Gasteiger partial charge in [-0.3, -0.25) is 13.5 Å². The number of terminal acetylenes is 1. The Morgan fingerprint density at radius 3 is 2.58 bits per heavy atom. The van der Waals surface area contributed by atoms with Crippen LogP contribution in [0.5, 0.6) is 0 Å². The first-order chi connectivity index (χ1) is 15.9. The van der Waals surface area contributed by atoms with E-state index in [1.807, 2.05) is 25.1 Å². The summed E-state index contributed by atoms with van der Waals surface area (Å²) in [7, 11) is -3.54. The molecule has 0 aliphatic rings. The van der Waals surface area contributed by atoms with Crippen LogP contribution in [0.2, 0.25) is 0 Å². The van der Waals surface area contributed by atoms with E-state index in [-0.39, 0.29) is 23.8 Å². The van der Waals surface area contributed by atoms with Gasteiger partial charge in [0.25, 0.3) is 0 Å². The molecule has 4 rings (SSSR count). The van der Waals surface area contributed by atoms with Crippen LogP contribution in [0.25, 0.3) is 16.9 Å². The summed E-state index contributed by atoms with van der Waals surface area (Å²) in [5.41, 5.74) is 4.18. The first-order valence-corrected chi connectivity index (χ1v) is 11.9. The number of sulfonamides is 1. The van der Waals surface area contributed by atoms with Gasteiger partial charge in [-0.15, -0.1) is 6.42 Å². The van der Waals surface area contributed by atoms with Crippen molar-refractivity contribution in [3.8, 4) is 23.6 Å². The molecular weight excluding hydrogens is 436 g/mol. The van der Waals surface area contributed by atoms with E-state index in [0.717, 1.165) is 11.1 Å². The Morgan fingerprint density at radius 1 is 1.12 bits per heavy atom. The summed E-state index contributed by atoms with van der Waals surface area (Å²) < 4.78 is 28.0. The molecule has 0 saturated carbocycles. The van der Waals surface area contributed by atoms with Crippen LogP contribution in [-0.4, -0.2) is 40.9 Å². The standard InChI is InChI=1S/C25H22N4O3S/c1-4-15-29(33(31,32)5-2)21-8-6-7-20(16-21)22-13-14-26-25-23(27-17-28(22)25)24(30)19-11-9-18(3)10-12-19/h1,6-14,16-17H,5,15H2,2-3H3. The van der Waals surface area contributed by atoms with Crippen LogP contribution in [0.15, 0.2) is 67.1 Å². The molecule has 0 saturated heterocycles. The second-order valence-electron chi connectivity index (χ2n) is 7.47. The van der Waals surface area contributed by atoms with Gasteiger partial charge in [0.1, 0.15) is 6.33 Å². The zero-order valence-corrected chi connectivity index (χ0v) is 19.1. The molecule has 2 aromatic carbocycles. The molecule has 0 radical (unpaired) electrons. The van der Waals surface area contributed by atoms with Crippen molar-refractivity contribution >= 4 is 27.1 Å². The molecule has 0 spiro atoms. The van der Waals surface area contributed by atoms with E-state index in [1.54, 1.807) is 60.2 Å². The third-order valence-electron chi connectivity index (χ3n) is 5.33. The highest BCUT2D eigenvalue weighted by atomic mass is 32.2. The minimum absolute atomic E-state index is 0.0638. The number of aryl methyl sites for hydroxylation is 1. The number of carbonyl (C=O) groups excluding carboxylic acids is 1. The Balaban J connectivity index is 1.79. The highest BCUT2D eigenvalue weighted by Crippen LogP contribution is 2.27. The Morgan fingerprint density at radius 2 is 1.88 bits per heavy atom. The lowest BCUT2D eigenvalue weighted by molar-refractivity contribution is 0.103. The third-order valence-corrected chi connectivity index (χ3v) is 7.07. The number of nitrogens with zero attached hydrogens (tertiary/aromatic N) is 4. The Hall–Kier alpha value is -3.96. The molecule has 0 bridgehead atoms. The molecule has 0 amide bonds. The molecule has 2 heterocycles. The third kappa shape index (κ3) is 4.23. The monoisotopic (exact) mass is 458 g/mol. The van der Waals surface area contributed by atoms with Crippen molar-refractivity contribution in [3.63, 3.8) is 0 Å². The summed E-state index contributed by atoms with van der Waals surface area (Å²) in [6.45, 7) is 3.47. The van der Waals surface area contributed by atoms with Crippen molar-refractivity contribution in [2.24, 2.45) is 0 Å². The van der Waals surface area contributed by atoms with Crippen LogP contribution in [0, 0.1) is 19.3 Å². The zero-order valence-electron chi connectivity index (χ0n) is 18.3. The lowest BCUT2D eigenvalue weighted by atomic mass is 10.1. The van der Waals surface area contributed by atoms with Gasteiger partial charge < -0.3 is 0 Å². The van der Waals surface area contributed by atoms with Gasteiger partial charge in [0.05, 0.1) is 23.7 Å². The van der Waals surface area contributed by atoms with E-state index in [1.165, 1.54) is 4.31 Å². The molecule has 4 aromatic rings. The lowest BCUT2D eigenvalue weighted by Crippen LogP contribution is -2.32. The van der Waals surface area contributed by atoms with Crippen LogP contribution < -0.4 is 4.31 Å². The highest BCUT2D eigenvalue weighted by molar-refractivity contribution is 7.92. The topological polar surface area (TPSA) is 84.6 Å². The van der Waals surface area contributed by atoms with Gasteiger partial charge in [-0.2, -0.15) is 0 Å². The van der Waals surface area contributed by atoms with Gasteiger partial charge in [-0.05, 0) is 32.0 Å². The first-order valence-electron chi connectivity index (χ1n) is 10.3. The van der Waals surface area contributed by atoms with Gasteiger partial charge in [0, 0.05) is 17.3 Å². The van der Waals surface area contributed by atoms with E-state index in [9.17, 15) is 13.2 Å². The average molecular weight is 459 g/mol. The quantitative estimate of drug-likeness (QED) is 0.311. The van der Waals surface area contributed by atoms with Crippen molar-refractivity contribution in [1.29, 1.82) is 0 Å². The number of hydrogen-bond donors (Lipinski definition) is 0. The van der Waals surface area contributed by atoms with Crippen molar-refractivity contribution in [3.05, 3.63) is 83.9 Å². The number of aromatic nitrogens is 3. The smallest absolute Gasteiger partial charge is 0.235 e. The maximum atomic E-state index is 13.0. The molecule has 2 aromatic heterocycles. The minimum atomic E-state index is -3.54. The molecule has 0 fully saturated rings. The van der Waals surface area contributed by atoms with Crippen molar-refractivity contribution < 1.29 is 13.2 Å². The van der Waals surface area contributed by atoms with Crippen LogP contribution >= 0.6 is 0 Å². The molecule has 0 N–H and O–H groups in total. The molecule has 0 unspecified atom stereocenters. The summed E-state index contributed by atoms with van der Waals surface area (Å²) in [6.07, 6.45) is 8.57. The number of imidazole rings is 1. The molecule has 0 aliphatic carbocycles. The van der Waals surface area contributed by atoms with E-state index < -0.39 is 10.0 Å². The van der Waals surface area contributed by atoms with Crippen LogP contribution in [0.1, 0.15) is 28.5 Å². The summed E-state index contributed by atoms with van der Waals surface area (Å²) in [5.74, 6) is 2.13. The van der Waals surface area contributed by atoms with Crippen LogP contribution in [0.4, 0.5) is 5.69 Å². The number of anilines is 1. The molecule has 166 valence electrons. The molecule has 7 nitrogen and oxygen atoms in total. The predicted octanol–water partition coefficient (Wildman–Crippen LogP) is 3.73. The van der Waals surface area contributed by atoms with Gasteiger partial charge in [-0.1, -0.05) is 47.9 Å². The first kappa shape index (κ1) is 22.2. The minimum Gasteiger partial charge on any atom is -0.287 e. The van der Waals surface area contributed by atoms with E-state index in [4.69, 9.17) is 6.42 Å². The SMILES string of the molecule is C#CCN(c1cccc(-c2ccnc3c(C(=O)c4ccc(C)cc4)ncn23)c1)S(=O)(=O)CC. The fourth-order valence-electron chi connectivity index (χ4n) is 3.55. The number of ketones is 1. The lowest BCUT2D eigenvalue weighted by Gasteiger charge is -2.22. The number of benzene rings is 2. The highest BCUT2D eigenvalue weighted by Gasteiger charge is 2.21. The molecular formula is C25H22N4O3S. The van der Waals surface area contributed by atoms with Crippen molar-refractivity contribution in [1.82, 2.24) is 14.4 Å². The van der Waals surface area contributed by atoms with Gasteiger partial charge in [0.15, 0.2) is 11.3 Å². The normalized spacial score (nSPS) is 11.3. The van der Waals surface area contributed by atoms with Crippen molar-refractivity contribution in [2.75, 3.05) is 16.6 Å². The number of hydrogen-bond acceptors (Lipinski definition) is 5. The maximum absolute atomic E-state index is 13.0. The number of fused-ring (bicyclic) bond motifs is 1. The summed E-state index contributed by atoms with van der Waals surface area (Å²) >= 11 is 0. The Labute approximate surface area is 192 Å². The Kier molecular flexibility index (Phi) is 5.99. The second kappa shape index (κ2) is 8.88. The van der Waals surface area contributed by atoms with Gasteiger partial charge >= 0.3 is 0 Å². The fourth-order valence-corrected chi connectivity index (χ4v) is 4.56. The number of rotatable bonds is 7. The average Bonchev–Trinajstić information content (AvgIpc) is 3.27. The zero-order chi connectivity index (χ0) is 23.6. The van der Waals surface area contributed by atoms with Gasteiger partial charge in [0.2, 0.25) is 15.8 Å². The maximum Gasteiger partial charge on any atom is 0.235 e.